The summed E-state index contributed by atoms with van der Waals surface area (Å²) in [4.78, 5) is 0. The maximum Gasteiger partial charge on any atom is 0.192 e. The van der Waals surface area contributed by atoms with Crippen molar-refractivity contribution >= 4 is 16.3 Å². The summed E-state index contributed by atoms with van der Waals surface area (Å²) < 4.78 is 67.8. The van der Waals surface area contributed by atoms with E-state index in [2.05, 4.69) is 0 Å². The monoisotopic (exact) mass is 740 g/mol. The minimum Gasteiger partial charge on any atom is -0.468 e. The van der Waals surface area contributed by atoms with Crippen molar-refractivity contribution in [3.05, 3.63) is 52.8 Å². The Labute approximate surface area is 303 Å². The van der Waals surface area contributed by atoms with E-state index >= 15 is 0 Å². The first-order chi connectivity index (χ1) is 25.3. The first-order valence-electron chi connectivity index (χ1n) is 17.4. The predicted octanol–water partition coefficient (Wildman–Crippen LogP) is 2.82. The predicted molar refractivity (Wildman–Crippen MR) is 184 cm³/mol. The van der Waals surface area contributed by atoms with Gasteiger partial charge in [0.1, 0.15) is 11.9 Å². The number of aliphatic hydroxyl groups excluding tert-OH is 4. The van der Waals surface area contributed by atoms with Crippen molar-refractivity contribution in [2.24, 2.45) is 0 Å². The van der Waals surface area contributed by atoms with Gasteiger partial charge in [-0.25, -0.2) is 0 Å². The van der Waals surface area contributed by atoms with Gasteiger partial charge in [-0.1, -0.05) is 30.4 Å². The molecule has 4 rings (SSSR count). The van der Waals surface area contributed by atoms with Crippen molar-refractivity contribution < 1.29 is 77.3 Å². The number of hydrogen-bond donors (Lipinski definition) is 4. The van der Waals surface area contributed by atoms with E-state index < -0.39 is 31.3 Å². The fraction of sp³-hybridized carbons (Fsp3) is 0.611. The molecule has 2 aliphatic rings. The lowest BCUT2D eigenvalue weighted by Gasteiger charge is -2.34. The minimum absolute atomic E-state index is 0.0395. The summed E-state index contributed by atoms with van der Waals surface area (Å²) in [7, 11) is 0. The van der Waals surface area contributed by atoms with Gasteiger partial charge in [-0.2, -0.15) is 0 Å². The van der Waals surface area contributed by atoms with Crippen LogP contribution in [-0.4, -0.2) is 126 Å². The molecule has 0 saturated carbocycles. The van der Waals surface area contributed by atoms with Gasteiger partial charge in [-0.05, 0) is 39.7 Å². The molecule has 52 heavy (non-hydrogen) atoms. The summed E-state index contributed by atoms with van der Waals surface area (Å²) in [6.45, 7) is 7.31. The highest BCUT2D eigenvalue weighted by Gasteiger charge is 2.37. The lowest BCUT2D eigenvalue weighted by molar-refractivity contribution is -0.210. The normalized spacial score (nSPS) is 17.3. The number of benzene rings is 2. The van der Waals surface area contributed by atoms with Crippen molar-refractivity contribution in [1.82, 2.24) is 0 Å². The molecule has 2 aromatic rings. The zero-order valence-electron chi connectivity index (χ0n) is 30.2. The molecule has 0 aromatic heterocycles. The molecule has 0 spiro atoms. The van der Waals surface area contributed by atoms with Gasteiger partial charge in [-0.3, -0.25) is 0 Å². The van der Waals surface area contributed by atoms with Gasteiger partial charge >= 0.3 is 0 Å². The number of hydrogen-bond acceptors (Lipinski definition) is 16. The number of allylic oxidation sites excluding steroid dienone is 3. The van der Waals surface area contributed by atoms with E-state index in [1.807, 2.05) is 24.3 Å². The van der Waals surface area contributed by atoms with Crippen LogP contribution in [0.4, 0.5) is 0 Å². The third-order valence-electron chi connectivity index (χ3n) is 7.79. The second-order valence-electron chi connectivity index (χ2n) is 11.2. The van der Waals surface area contributed by atoms with Crippen LogP contribution in [0.3, 0.4) is 0 Å². The smallest absolute Gasteiger partial charge is 0.192 e. The van der Waals surface area contributed by atoms with Crippen LogP contribution in [0.15, 0.2) is 36.1 Å². The summed E-state index contributed by atoms with van der Waals surface area (Å²) in [6.07, 6.45) is -1.57. The zero-order valence-corrected chi connectivity index (χ0v) is 30.2. The fourth-order valence-corrected chi connectivity index (χ4v) is 5.53. The number of rotatable bonds is 28. The summed E-state index contributed by atoms with van der Waals surface area (Å²) in [5, 5.41) is 42.3. The molecular weight excluding hydrogens is 688 g/mol. The molecule has 5 atom stereocenters. The van der Waals surface area contributed by atoms with Gasteiger partial charge in [-0.15, -0.1) is 0 Å². The van der Waals surface area contributed by atoms with Crippen molar-refractivity contribution in [2.75, 3.05) is 80.0 Å². The summed E-state index contributed by atoms with van der Waals surface area (Å²) in [5.74, 6) is 0.970. The van der Waals surface area contributed by atoms with Crippen molar-refractivity contribution in [3.63, 3.8) is 0 Å². The van der Waals surface area contributed by atoms with Gasteiger partial charge in [0.25, 0.3) is 0 Å². The molecule has 0 heterocycles. The third-order valence-corrected chi connectivity index (χ3v) is 7.79. The Bertz CT molecular complexity index is 1430. The average Bonchev–Trinajstić information content (AvgIpc) is 3.15. The van der Waals surface area contributed by atoms with Crippen LogP contribution in [-0.2, 0) is 53.8 Å². The quantitative estimate of drug-likeness (QED) is 0.0931. The maximum atomic E-state index is 10.2. The number of aliphatic hydroxyl groups is 4. The van der Waals surface area contributed by atoms with Crippen molar-refractivity contribution in [3.8, 4) is 11.5 Å². The molecule has 0 radical (unpaired) electrons. The molecule has 0 fully saturated rings. The highest BCUT2D eigenvalue weighted by atomic mass is 16.8. The highest BCUT2D eigenvalue weighted by molar-refractivity contribution is 6.07. The maximum absolute atomic E-state index is 10.2. The molecule has 16 nitrogen and oxygen atoms in total. The van der Waals surface area contributed by atoms with E-state index in [0.29, 0.717) is 72.2 Å². The Balaban J connectivity index is 1.76. The molecule has 4 N–H and O–H groups in total. The van der Waals surface area contributed by atoms with Gasteiger partial charge in [0.05, 0.1) is 26.4 Å². The Morgan fingerprint density at radius 1 is 0.635 bits per heavy atom. The number of ether oxygens (including phenoxy) is 12. The van der Waals surface area contributed by atoms with Crippen LogP contribution in [0, 0.1) is 0 Å². The summed E-state index contributed by atoms with van der Waals surface area (Å²) >= 11 is 0. The van der Waals surface area contributed by atoms with Crippen LogP contribution >= 0.6 is 0 Å². The van der Waals surface area contributed by atoms with Crippen LogP contribution in [0.5, 0.6) is 11.5 Å². The van der Waals surface area contributed by atoms with E-state index in [-0.39, 0.29) is 53.6 Å². The lowest BCUT2D eigenvalue weighted by Crippen LogP contribution is -2.26. The van der Waals surface area contributed by atoms with Crippen LogP contribution < -0.4 is 9.47 Å². The fourth-order valence-electron chi connectivity index (χ4n) is 5.53. The summed E-state index contributed by atoms with van der Waals surface area (Å²) in [6, 6.07) is 5.52. The Kier molecular flexibility index (Phi) is 17.9. The molecule has 0 amide bonds. The Morgan fingerprint density at radius 2 is 1.13 bits per heavy atom. The minimum atomic E-state index is -1.23. The topological polar surface area (TPSA) is 192 Å². The third kappa shape index (κ3) is 11.5. The SMILES string of the molecule is CCOCC(O)OCOC1=C2C=CCc3c(OCOC(O)COCC)c(OCOC(O)COCC)c4cccc(c4c32)C1OCOC(O)COCC. The van der Waals surface area contributed by atoms with E-state index in [1.54, 1.807) is 33.8 Å². The standard InChI is InChI=1S/C36H52O16/c1-5-41-15-27(37)45-19-49-33-23-11-9-13-25-31(23)32-24(34(33)50-20-46-28(38)16-42-6-2)12-10-14-26(32)36(52-22-48-30(40)18-44-8-4)35(25)51-21-47-29(39)17-43-7-3/h9-13,27-30,33,37-40H,5-8,14-22H2,1-4H3. The highest BCUT2D eigenvalue weighted by Crippen LogP contribution is 2.53. The molecular formula is C36H52O16. The molecule has 2 aromatic carbocycles. The molecule has 292 valence electrons. The van der Waals surface area contributed by atoms with Gasteiger partial charge < -0.3 is 77.3 Å². The van der Waals surface area contributed by atoms with Gasteiger partial charge in [0, 0.05) is 53.9 Å². The summed E-state index contributed by atoms with van der Waals surface area (Å²) in [5.41, 5.74) is 2.80. The Hall–Kier alpha value is -2.94. The second-order valence-corrected chi connectivity index (χ2v) is 11.2. The van der Waals surface area contributed by atoms with Crippen molar-refractivity contribution in [1.29, 1.82) is 0 Å². The molecule has 0 aliphatic heterocycles. The van der Waals surface area contributed by atoms with E-state index in [0.717, 1.165) is 10.9 Å². The molecule has 5 unspecified atom stereocenters. The second kappa shape index (κ2) is 22.3. The van der Waals surface area contributed by atoms with Crippen LogP contribution in [0.2, 0.25) is 0 Å². The molecule has 2 aliphatic carbocycles. The molecule has 0 saturated heterocycles. The first kappa shape index (κ1) is 41.8. The zero-order chi connectivity index (χ0) is 37.3. The lowest BCUT2D eigenvalue weighted by atomic mass is 9.79. The van der Waals surface area contributed by atoms with Crippen molar-refractivity contribution in [2.45, 2.75) is 65.4 Å². The van der Waals surface area contributed by atoms with Crippen LogP contribution in [0.25, 0.3) is 16.3 Å². The van der Waals surface area contributed by atoms with Gasteiger partial charge in [0.15, 0.2) is 63.8 Å². The first-order valence-corrected chi connectivity index (χ1v) is 17.4. The molecule has 0 bridgehead atoms. The van der Waals surface area contributed by atoms with Gasteiger partial charge in [0.2, 0.25) is 0 Å². The average molecular weight is 741 g/mol. The Morgan fingerprint density at radius 3 is 1.67 bits per heavy atom. The van der Waals surface area contributed by atoms with E-state index in [1.165, 1.54) is 0 Å². The molecule has 16 heteroatoms. The van der Waals surface area contributed by atoms with Crippen LogP contribution in [0.1, 0.15) is 50.5 Å². The van der Waals surface area contributed by atoms with E-state index in [4.69, 9.17) is 56.8 Å². The van der Waals surface area contributed by atoms with E-state index in [9.17, 15) is 20.4 Å². The largest absolute Gasteiger partial charge is 0.468 e.